The third-order valence-electron chi connectivity index (χ3n) is 4.21. The first-order valence-electron chi connectivity index (χ1n) is 8.24. The highest BCUT2D eigenvalue weighted by Gasteiger charge is 2.28. The normalized spacial score (nSPS) is 15.5. The van der Waals surface area contributed by atoms with Crippen molar-refractivity contribution in [3.05, 3.63) is 57.8 Å². The summed E-state index contributed by atoms with van der Waals surface area (Å²) in [5.41, 5.74) is 1.01. The summed E-state index contributed by atoms with van der Waals surface area (Å²) in [4.78, 5) is 12.6. The number of ether oxygens (including phenoxy) is 1. The number of sulfonamides is 1. The predicted molar refractivity (Wildman–Crippen MR) is 103 cm³/mol. The summed E-state index contributed by atoms with van der Waals surface area (Å²) >= 11 is 3.21. The molecule has 0 saturated carbocycles. The van der Waals surface area contributed by atoms with E-state index in [2.05, 4.69) is 21.2 Å². The van der Waals surface area contributed by atoms with Crippen molar-refractivity contribution in [2.75, 3.05) is 31.6 Å². The first-order valence-corrected chi connectivity index (χ1v) is 10.5. The fraction of sp³-hybridized carbons (Fsp3) is 0.278. The van der Waals surface area contributed by atoms with Crippen LogP contribution in [0, 0.1) is 12.7 Å². The molecule has 0 bridgehead atoms. The highest BCUT2D eigenvalue weighted by Crippen LogP contribution is 2.25. The molecule has 0 spiro atoms. The Morgan fingerprint density at radius 1 is 1.19 bits per heavy atom. The molecule has 1 N–H and O–H groups in total. The van der Waals surface area contributed by atoms with E-state index in [-0.39, 0.29) is 23.5 Å². The van der Waals surface area contributed by atoms with Crippen LogP contribution >= 0.6 is 15.9 Å². The lowest BCUT2D eigenvalue weighted by Crippen LogP contribution is -2.40. The Balaban J connectivity index is 1.89. The van der Waals surface area contributed by atoms with Gasteiger partial charge in [0.15, 0.2) is 0 Å². The summed E-state index contributed by atoms with van der Waals surface area (Å²) in [7, 11) is -3.70. The van der Waals surface area contributed by atoms with E-state index in [0.717, 1.165) is 6.07 Å². The molecule has 1 heterocycles. The summed E-state index contributed by atoms with van der Waals surface area (Å²) in [6.45, 7) is 2.97. The summed E-state index contributed by atoms with van der Waals surface area (Å²) in [5.74, 6) is -1.08. The summed E-state index contributed by atoms with van der Waals surface area (Å²) in [6.07, 6.45) is 0. The highest BCUT2D eigenvalue weighted by molar-refractivity contribution is 9.10. The molecule has 1 amide bonds. The zero-order chi connectivity index (χ0) is 19.6. The number of carbonyl (C=O) groups excluding carboxylic acids is 1. The number of amides is 1. The number of hydrogen-bond donors (Lipinski definition) is 1. The maximum absolute atomic E-state index is 13.4. The van der Waals surface area contributed by atoms with Crippen molar-refractivity contribution in [3.63, 3.8) is 0 Å². The Hall–Kier alpha value is -1.81. The second-order valence-electron chi connectivity index (χ2n) is 6.08. The van der Waals surface area contributed by atoms with Gasteiger partial charge in [-0.15, -0.1) is 0 Å². The second-order valence-corrected chi connectivity index (χ2v) is 8.84. The average Bonchev–Trinajstić information content (AvgIpc) is 2.65. The lowest BCUT2D eigenvalue weighted by molar-refractivity contribution is 0.0730. The smallest absolute Gasteiger partial charge is 0.256 e. The molecule has 0 aliphatic carbocycles. The van der Waals surface area contributed by atoms with Gasteiger partial charge in [-0.05, 0) is 58.7 Å². The summed E-state index contributed by atoms with van der Waals surface area (Å²) in [5, 5.41) is 2.63. The molecule has 0 atom stereocenters. The molecule has 27 heavy (non-hydrogen) atoms. The van der Waals surface area contributed by atoms with Crippen LogP contribution in [0.25, 0.3) is 0 Å². The quantitative estimate of drug-likeness (QED) is 0.766. The van der Waals surface area contributed by atoms with Gasteiger partial charge in [-0.25, -0.2) is 12.8 Å². The number of rotatable bonds is 4. The molecular formula is C18H18BrFN2O4S. The molecule has 9 heteroatoms. The van der Waals surface area contributed by atoms with Crippen LogP contribution in [-0.2, 0) is 14.8 Å². The zero-order valence-electron chi connectivity index (χ0n) is 14.5. The van der Waals surface area contributed by atoms with Crippen molar-refractivity contribution in [2.24, 2.45) is 0 Å². The average molecular weight is 457 g/mol. The Morgan fingerprint density at radius 3 is 2.59 bits per heavy atom. The number of benzene rings is 2. The number of carbonyl (C=O) groups is 1. The van der Waals surface area contributed by atoms with E-state index in [4.69, 9.17) is 4.74 Å². The van der Waals surface area contributed by atoms with Gasteiger partial charge in [0, 0.05) is 23.2 Å². The van der Waals surface area contributed by atoms with Crippen molar-refractivity contribution < 1.29 is 22.3 Å². The highest BCUT2D eigenvalue weighted by atomic mass is 79.9. The van der Waals surface area contributed by atoms with Crippen molar-refractivity contribution in [3.8, 4) is 0 Å². The van der Waals surface area contributed by atoms with E-state index in [0.29, 0.717) is 28.9 Å². The fourth-order valence-electron chi connectivity index (χ4n) is 2.75. The molecule has 0 unspecified atom stereocenters. The molecule has 1 aliphatic heterocycles. The van der Waals surface area contributed by atoms with Gasteiger partial charge in [-0.1, -0.05) is 6.07 Å². The third kappa shape index (κ3) is 4.37. The molecule has 1 aliphatic rings. The fourth-order valence-corrected chi connectivity index (χ4v) is 4.84. The van der Waals surface area contributed by atoms with E-state index in [1.165, 1.54) is 22.5 Å². The lowest BCUT2D eigenvalue weighted by Gasteiger charge is -2.26. The maximum Gasteiger partial charge on any atom is 0.256 e. The van der Waals surface area contributed by atoms with Gasteiger partial charge in [0.1, 0.15) is 5.82 Å². The van der Waals surface area contributed by atoms with E-state index < -0.39 is 21.7 Å². The zero-order valence-corrected chi connectivity index (χ0v) is 16.9. The molecule has 6 nitrogen and oxygen atoms in total. The lowest BCUT2D eigenvalue weighted by atomic mass is 10.2. The van der Waals surface area contributed by atoms with Gasteiger partial charge in [0.2, 0.25) is 10.0 Å². The first kappa shape index (κ1) is 19.9. The van der Waals surface area contributed by atoms with E-state index in [9.17, 15) is 17.6 Å². The molecule has 2 aromatic rings. The van der Waals surface area contributed by atoms with Crippen LogP contribution in [-0.4, -0.2) is 44.9 Å². The predicted octanol–water partition coefficient (Wildman–Crippen LogP) is 3.17. The van der Waals surface area contributed by atoms with Crippen molar-refractivity contribution in [2.45, 2.75) is 11.8 Å². The minimum Gasteiger partial charge on any atom is -0.379 e. The van der Waals surface area contributed by atoms with Gasteiger partial charge in [-0.3, -0.25) is 4.79 Å². The summed E-state index contributed by atoms with van der Waals surface area (Å²) < 4.78 is 46.3. The largest absolute Gasteiger partial charge is 0.379 e. The minimum absolute atomic E-state index is 0.119. The van der Waals surface area contributed by atoms with Gasteiger partial charge in [0.25, 0.3) is 5.91 Å². The number of anilines is 1. The Kier molecular flexibility index (Phi) is 5.95. The Morgan fingerprint density at radius 2 is 1.89 bits per heavy atom. The SMILES string of the molecule is Cc1ccc(NC(=O)c2cc(F)ccc2Br)cc1S(=O)(=O)N1CCOCC1. The molecule has 1 fully saturated rings. The number of aryl methyl sites for hydroxylation is 1. The van der Waals surface area contributed by atoms with Crippen LogP contribution in [0.3, 0.4) is 0 Å². The van der Waals surface area contributed by atoms with Crippen molar-refractivity contribution >= 4 is 37.5 Å². The molecular weight excluding hydrogens is 439 g/mol. The van der Waals surface area contributed by atoms with Crippen molar-refractivity contribution in [1.82, 2.24) is 4.31 Å². The third-order valence-corrected chi connectivity index (χ3v) is 6.94. The van der Waals surface area contributed by atoms with Gasteiger partial charge < -0.3 is 10.1 Å². The monoisotopic (exact) mass is 456 g/mol. The second kappa shape index (κ2) is 8.05. The van der Waals surface area contributed by atoms with E-state index in [1.54, 1.807) is 19.1 Å². The molecule has 144 valence electrons. The molecule has 1 saturated heterocycles. The van der Waals surface area contributed by atoms with Crippen LogP contribution in [0.4, 0.5) is 10.1 Å². The number of nitrogens with one attached hydrogen (secondary N) is 1. The summed E-state index contributed by atoms with van der Waals surface area (Å²) in [6, 6.07) is 8.44. The molecule has 2 aromatic carbocycles. The van der Waals surface area contributed by atoms with Gasteiger partial charge >= 0.3 is 0 Å². The topological polar surface area (TPSA) is 75.7 Å². The number of morpholine rings is 1. The van der Waals surface area contributed by atoms with Gasteiger partial charge in [-0.2, -0.15) is 4.31 Å². The molecule has 0 radical (unpaired) electrons. The molecule has 0 aromatic heterocycles. The number of hydrogen-bond acceptors (Lipinski definition) is 4. The van der Waals surface area contributed by atoms with Crippen LogP contribution < -0.4 is 5.32 Å². The van der Waals surface area contributed by atoms with Crippen LogP contribution in [0.15, 0.2) is 45.8 Å². The number of halogens is 2. The Bertz CT molecular complexity index is 975. The van der Waals surface area contributed by atoms with E-state index in [1.807, 2.05) is 0 Å². The minimum atomic E-state index is -3.70. The van der Waals surface area contributed by atoms with E-state index >= 15 is 0 Å². The standard InChI is InChI=1S/C18H18BrFN2O4S/c1-12-2-4-14(21-18(23)15-10-13(20)3-5-16(15)19)11-17(12)27(24,25)22-6-8-26-9-7-22/h2-5,10-11H,6-9H2,1H3,(H,21,23). The first-order chi connectivity index (χ1) is 12.8. The van der Waals surface area contributed by atoms with Crippen LogP contribution in [0.2, 0.25) is 0 Å². The Labute approximate surface area is 165 Å². The van der Waals surface area contributed by atoms with Crippen LogP contribution in [0.1, 0.15) is 15.9 Å². The van der Waals surface area contributed by atoms with Crippen molar-refractivity contribution in [1.29, 1.82) is 0 Å². The maximum atomic E-state index is 13.4. The van der Waals surface area contributed by atoms with Crippen LogP contribution in [0.5, 0.6) is 0 Å². The number of nitrogens with zero attached hydrogens (tertiary/aromatic N) is 1. The van der Waals surface area contributed by atoms with Gasteiger partial charge in [0.05, 0.1) is 23.7 Å². The molecule has 3 rings (SSSR count).